The van der Waals surface area contributed by atoms with E-state index in [1.165, 1.54) is 16.9 Å². The van der Waals surface area contributed by atoms with Gasteiger partial charge in [-0.25, -0.2) is 18.3 Å². The Morgan fingerprint density at radius 3 is 2.71 bits per heavy atom. The van der Waals surface area contributed by atoms with Gasteiger partial charge in [0.25, 0.3) is 12.3 Å². The summed E-state index contributed by atoms with van der Waals surface area (Å²) in [7, 11) is 2.03. The number of hydrogen-bond acceptors (Lipinski definition) is 7. The minimum atomic E-state index is -2.82. The van der Waals surface area contributed by atoms with Crippen LogP contribution in [-0.4, -0.2) is 72.6 Å². The van der Waals surface area contributed by atoms with Gasteiger partial charge < -0.3 is 20.6 Å². The third kappa shape index (κ3) is 4.98. The number of aliphatic hydroxyl groups is 1. The number of amides is 1. The summed E-state index contributed by atoms with van der Waals surface area (Å²) in [6.45, 7) is 1.72. The molecule has 3 aromatic rings. The molecule has 1 saturated heterocycles. The first kappa shape index (κ1) is 23.6. The molecule has 4 heterocycles. The van der Waals surface area contributed by atoms with Gasteiger partial charge in [0.1, 0.15) is 11.4 Å². The molecule has 1 saturated carbocycles. The molecule has 12 heteroatoms. The Morgan fingerprint density at radius 1 is 1.20 bits per heavy atom. The van der Waals surface area contributed by atoms with E-state index in [2.05, 4.69) is 30.7 Å². The van der Waals surface area contributed by atoms with Crippen LogP contribution in [-0.2, 0) is 0 Å². The molecule has 188 valence electrons. The smallest absolute Gasteiger partial charge is 0.284 e. The molecular formula is C23H30F2N8O2. The summed E-state index contributed by atoms with van der Waals surface area (Å²) in [5, 5.41) is 24.4. The standard InChI is InChI=1S/C23H30F2N8O2/c1-31-9-6-14(7-10-31)33-13-17(20(30-33)21(24)25)28-23(35)15-12-26-32-11-8-19(29-22(15)32)27-16-4-2-3-5-18(16)34/h8,11-14,16,18,21,34H,2-7,9-10H2,1H3,(H,27,29)(H,28,35)/t16-,18?/m1/s1. The molecule has 0 radical (unpaired) electrons. The maximum atomic E-state index is 13.7. The van der Waals surface area contributed by atoms with Crippen molar-refractivity contribution in [2.75, 3.05) is 30.8 Å². The van der Waals surface area contributed by atoms with Crippen LogP contribution in [0.25, 0.3) is 5.65 Å². The highest BCUT2D eigenvalue weighted by molar-refractivity contribution is 6.08. The molecule has 2 aliphatic rings. The Bertz CT molecular complexity index is 1190. The van der Waals surface area contributed by atoms with E-state index in [1.807, 2.05) is 7.05 Å². The van der Waals surface area contributed by atoms with Crippen LogP contribution >= 0.6 is 0 Å². The SMILES string of the molecule is CN1CCC(n2cc(NC(=O)c3cnn4ccc(N[C@@H]5CCCCC5O)nc34)c(C(F)F)n2)CC1. The zero-order valence-electron chi connectivity index (χ0n) is 19.6. The number of carbonyl (C=O) groups is 1. The van der Waals surface area contributed by atoms with Gasteiger partial charge in [0.05, 0.1) is 30.1 Å². The van der Waals surface area contributed by atoms with Gasteiger partial charge in [-0.2, -0.15) is 10.2 Å². The van der Waals surface area contributed by atoms with Gasteiger partial charge in [0.15, 0.2) is 11.3 Å². The van der Waals surface area contributed by atoms with Crippen molar-refractivity contribution >= 4 is 23.1 Å². The van der Waals surface area contributed by atoms with E-state index in [1.54, 1.807) is 16.9 Å². The van der Waals surface area contributed by atoms with Crippen molar-refractivity contribution in [1.29, 1.82) is 0 Å². The lowest BCUT2D eigenvalue weighted by Gasteiger charge is -2.28. The minimum absolute atomic E-state index is 0.0109. The fourth-order valence-electron chi connectivity index (χ4n) is 4.88. The van der Waals surface area contributed by atoms with Crippen molar-refractivity contribution in [3.8, 4) is 0 Å². The second-order valence-corrected chi connectivity index (χ2v) is 9.44. The number of aromatic nitrogens is 5. The monoisotopic (exact) mass is 488 g/mol. The van der Waals surface area contributed by atoms with Crippen molar-refractivity contribution in [3.05, 3.63) is 35.9 Å². The second kappa shape index (κ2) is 9.86. The van der Waals surface area contributed by atoms with Crippen LogP contribution in [0.15, 0.2) is 24.7 Å². The van der Waals surface area contributed by atoms with Gasteiger partial charge in [0, 0.05) is 12.4 Å². The summed E-state index contributed by atoms with van der Waals surface area (Å²) >= 11 is 0. The van der Waals surface area contributed by atoms with Crippen LogP contribution in [0.3, 0.4) is 0 Å². The predicted octanol–water partition coefficient (Wildman–Crippen LogP) is 3.10. The van der Waals surface area contributed by atoms with Gasteiger partial charge in [0.2, 0.25) is 0 Å². The van der Waals surface area contributed by atoms with E-state index in [-0.39, 0.29) is 23.3 Å². The number of anilines is 2. The highest BCUT2D eigenvalue weighted by atomic mass is 19.3. The first-order valence-electron chi connectivity index (χ1n) is 12.0. The Balaban J connectivity index is 1.36. The Morgan fingerprint density at radius 2 is 1.97 bits per heavy atom. The lowest BCUT2D eigenvalue weighted by molar-refractivity contribution is 0.102. The summed E-state index contributed by atoms with van der Waals surface area (Å²) < 4.78 is 30.5. The first-order valence-corrected chi connectivity index (χ1v) is 12.0. The molecule has 1 unspecified atom stereocenters. The number of alkyl halides is 2. The van der Waals surface area contributed by atoms with Crippen LogP contribution in [0.5, 0.6) is 0 Å². The average Bonchev–Trinajstić information content (AvgIpc) is 3.45. The molecular weight excluding hydrogens is 458 g/mol. The maximum Gasteiger partial charge on any atom is 0.284 e. The fraction of sp³-hybridized carbons (Fsp3) is 0.565. The molecule has 5 rings (SSSR count). The van der Waals surface area contributed by atoms with Crippen LogP contribution in [0.1, 0.15) is 67.0 Å². The van der Waals surface area contributed by atoms with Gasteiger partial charge >= 0.3 is 0 Å². The van der Waals surface area contributed by atoms with E-state index < -0.39 is 24.1 Å². The van der Waals surface area contributed by atoms with Crippen molar-refractivity contribution in [1.82, 2.24) is 29.3 Å². The molecule has 35 heavy (non-hydrogen) atoms. The molecule has 0 aromatic carbocycles. The Kier molecular flexibility index (Phi) is 6.65. The molecule has 3 N–H and O–H groups in total. The normalized spacial score (nSPS) is 22.1. The van der Waals surface area contributed by atoms with Crippen LogP contribution in [0.4, 0.5) is 20.3 Å². The van der Waals surface area contributed by atoms with E-state index in [9.17, 15) is 18.7 Å². The molecule has 0 bridgehead atoms. The van der Waals surface area contributed by atoms with Crippen molar-refractivity contribution < 1.29 is 18.7 Å². The summed E-state index contributed by atoms with van der Waals surface area (Å²) in [6.07, 6.45) is 6.43. The molecule has 3 aromatic heterocycles. The molecule has 1 aliphatic heterocycles. The molecule has 10 nitrogen and oxygen atoms in total. The fourth-order valence-corrected chi connectivity index (χ4v) is 4.88. The van der Waals surface area contributed by atoms with E-state index >= 15 is 0 Å². The highest BCUT2D eigenvalue weighted by Gasteiger charge is 2.27. The average molecular weight is 489 g/mol. The molecule has 2 atom stereocenters. The Labute approximate surface area is 201 Å². The number of halogens is 2. The zero-order valence-corrected chi connectivity index (χ0v) is 19.6. The number of aliphatic hydroxyl groups excluding tert-OH is 1. The number of rotatable bonds is 6. The topological polar surface area (TPSA) is 113 Å². The molecule has 1 amide bonds. The largest absolute Gasteiger partial charge is 0.391 e. The lowest BCUT2D eigenvalue weighted by Crippen LogP contribution is -2.36. The summed E-state index contributed by atoms with van der Waals surface area (Å²) in [6, 6.07) is 1.62. The van der Waals surface area contributed by atoms with Crippen LogP contribution in [0.2, 0.25) is 0 Å². The number of likely N-dealkylation sites (tertiary alicyclic amines) is 1. The zero-order chi connectivity index (χ0) is 24.5. The van der Waals surface area contributed by atoms with Crippen molar-refractivity contribution in [2.24, 2.45) is 0 Å². The number of nitrogens with zero attached hydrogens (tertiary/aromatic N) is 6. The lowest BCUT2D eigenvalue weighted by atomic mass is 9.93. The third-order valence-corrected chi connectivity index (χ3v) is 6.95. The van der Waals surface area contributed by atoms with Gasteiger partial charge in [-0.05, 0) is 51.9 Å². The maximum absolute atomic E-state index is 13.7. The van der Waals surface area contributed by atoms with E-state index in [0.717, 1.165) is 51.6 Å². The van der Waals surface area contributed by atoms with Crippen molar-refractivity contribution in [2.45, 2.75) is 63.1 Å². The summed E-state index contributed by atoms with van der Waals surface area (Å²) in [5.41, 5.74) is -0.0116. The number of hydrogen-bond donors (Lipinski definition) is 3. The second-order valence-electron chi connectivity index (χ2n) is 9.44. The third-order valence-electron chi connectivity index (χ3n) is 6.95. The van der Waals surface area contributed by atoms with E-state index in [0.29, 0.717) is 11.5 Å². The quantitative estimate of drug-likeness (QED) is 0.489. The summed E-state index contributed by atoms with van der Waals surface area (Å²) in [5.74, 6) is -0.0754. The molecule has 1 aliphatic carbocycles. The van der Waals surface area contributed by atoms with Gasteiger partial charge in [-0.15, -0.1) is 0 Å². The van der Waals surface area contributed by atoms with Gasteiger partial charge in [-0.1, -0.05) is 12.8 Å². The number of nitrogens with one attached hydrogen (secondary N) is 2. The molecule has 0 spiro atoms. The number of piperidine rings is 1. The predicted molar refractivity (Wildman–Crippen MR) is 126 cm³/mol. The van der Waals surface area contributed by atoms with Crippen molar-refractivity contribution in [3.63, 3.8) is 0 Å². The van der Waals surface area contributed by atoms with E-state index in [4.69, 9.17) is 0 Å². The molecule has 2 fully saturated rings. The minimum Gasteiger partial charge on any atom is -0.391 e. The summed E-state index contributed by atoms with van der Waals surface area (Å²) in [4.78, 5) is 19.8. The van der Waals surface area contributed by atoms with Crippen LogP contribution in [0, 0.1) is 0 Å². The Hall–Kier alpha value is -3.12. The first-order chi connectivity index (χ1) is 16.9. The highest BCUT2D eigenvalue weighted by Crippen LogP contribution is 2.30. The van der Waals surface area contributed by atoms with Gasteiger partial charge in [-0.3, -0.25) is 9.48 Å². The number of fused-ring (bicyclic) bond motifs is 1. The van der Waals surface area contributed by atoms with Crippen LogP contribution < -0.4 is 10.6 Å². The number of carbonyl (C=O) groups excluding carboxylic acids is 1.